The molecule has 0 unspecified atom stereocenters. The molecule has 2 fully saturated rings. The molecule has 2 heterocycles. The number of rotatable bonds is 4. The van der Waals surface area contributed by atoms with Crippen LogP contribution in [0.5, 0.6) is 0 Å². The smallest absolute Gasteiger partial charge is 0.225 e. The number of ether oxygens (including phenoxy) is 1. The van der Waals surface area contributed by atoms with Crippen molar-refractivity contribution in [2.24, 2.45) is 0 Å². The number of allylic oxidation sites excluding steroid dienone is 1. The fourth-order valence-electron chi connectivity index (χ4n) is 3.46. The number of piperidine rings is 1. The molecule has 3 nitrogen and oxygen atoms in total. The summed E-state index contributed by atoms with van der Waals surface area (Å²) >= 11 is 0. The Balaban J connectivity index is 1.92. The Morgan fingerprint density at radius 2 is 2.20 bits per heavy atom. The van der Waals surface area contributed by atoms with E-state index in [1.165, 1.54) is 5.56 Å². The van der Waals surface area contributed by atoms with E-state index in [4.69, 9.17) is 4.74 Å². The lowest BCUT2D eigenvalue weighted by Gasteiger charge is -2.42. The molecule has 0 N–H and O–H groups in total. The van der Waals surface area contributed by atoms with Crippen LogP contribution in [0.15, 0.2) is 43.0 Å². The Hall–Kier alpha value is -1.61. The first kappa shape index (κ1) is 13.4. The second-order valence-electron chi connectivity index (χ2n) is 5.63. The molecule has 1 aromatic carbocycles. The van der Waals surface area contributed by atoms with E-state index in [1.807, 2.05) is 29.2 Å². The van der Waals surface area contributed by atoms with Gasteiger partial charge >= 0.3 is 0 Å². The van der Waals surface area contributed by atoms with Crippen LogP contribution >= 0.6 is 0 Å². The molecule has 2 saturated heterocycles. The minimum absolute atomic E-state index is 0.0637. The van der Waals surface area contributed by atoms with Gasteiger partial charge in [0.25, 0.3) is 0 Å². The first-order chi connectivity index (χ1) is 9.77. The highest BCUT2D eigenvalue weighted by Crippen LogP contribution is 2.45. The molecule has 2 atom stereocenters. The maximum absolute atomic E-state index is 12.4. The van der Waals surface area contributed by atoms with Crippen LogP contribution in [0.4, 0.5) is 0 Å². The summed E-state index contributed by atoms with van der Waals surface area (Å²) in [4.78, 5) is 14.5. The van der Waals surface area contributed by atoms with Gasteiger partial charge in [0.1, 0.15) is 5.72 Å². The van der Waals surface area contributed by atoms with E-state index in [9.17, 15) is 4.79 Å². The van der Waals surface area contributed by atoms with Gasteiger partial charge in [-0.25, -0.2) is 0 Å². The van der Waals surface area contributed by atoms with Crippen LogP contribution in [-0.2, 0) is 9.53 Å². The Bertz CT molecular complexity index is 499. The molecule has 20 heavy (non-hydrogen) atoms. The van der Waals surface area contributed by atoms with Gasteiger partial charge in [-0.15, -0.1) is 6.58 Å². The van der Waals surface area contributed by atoms with Crippen molar-refractivity contribution in [3.63, 3.8) is 0 Å². The molecule has 1 aromatic rings. The summed E-state index contributed by atoms with van der Waals surface area (Å²) in [6, 6.07) is 10.3. The van der Waals surface area contributed by atoms with Gasteiger partial charge in [0.15, 0.2) is 0 Å². The average molecular weight is 271 g/mol. The number of amides is 1. The number of nitrogens with zero attached hydrogens (tertiary/aromatic N) is 1. The number of carbonyl (C=O) groups is 1. The summed E-state index contributed by atoms with van der Waals surface area (Å²) in [6.07, 6.45) is 6.15. The summed E-state index contributed by atoms with van der Waals surface area (Å²) < 4.78 is 6.14. The van der Waals surface area contributed by atoms with E-state index in [-0.39, 0.29) is 11.9 Å². The lowest BCUT2D eigenvalue weighted by Crippen LogP contribution is -2.51. The lowest BCUT2D eigenvalue weighted by molar-refractivity contribution is -0.162. The van der Waals surface area contributed by atoms with Crippen LogP contribution in [0.25, 0.3) is 0 Å². The van der Waals surface area contributed by atoms with Crippen molar-refractivity contribution in [1.29, 1.82) is 0 Å². The number of fused-ring (bicyclic) bond motifs is 1. The van der Waals surface area contributed by atoms with Crippen molar-refractivity contribution in [1.82, 2.24) is 4.90 Å². The molecule has 0 aliphatic carbocycles. The largest absolute Gasteiger partial charge is 0.353 e. The predicted octanol–water partition coefficient (Wildman–Crippen LogP) is 3.43. The van der Waals surface area contributed by atoms with E-state index in [1.54, 1.807) is 0 Å². The molecular weight excluding hydrogens is 250 g/mol. The quantitative estimate of drug-likeness (QED) is 0.785. The van der Waals surface area contributed by atoms with Crippen molar-refractivity contribution in [2.75, 3.05) is 6.61 Å². The van der Waals surface area contributed by atoms with Gasteiger partial charge < -0.3 is 9.64 Å². The maximum atomic E-state index is 12.4. The Morgan fingerprint density at radius 3 is 2.95 bits per heavy atom. The highest BCUT2D eigenvalue weighted by Gasteiger charge is 2.51. The molecular formula is C17H21NO2. The molecule has 0 spiro atoms. The molecule has 106 valence electrons. The molecule has 3 heteroatoms. The van der Waals surface area contributed by atoms with Crippen LogP contribution in [-0.4, -0.2) is 23.1 Å². The highest BCUT2D eigenvalue weighted by atomic mass is 16.5. The van der Waals surface area contributed by atoms with E-state index in [0.29, 0.717) is 13.0 Å². The summed E-state index contributed by atoms with van der Waals surface area (Å²) in [7, 11) is 0. The zero-order valence-corrected chi connectivity index (χ0v) is 11.8. The van der Waals surface area contributed by atoms with Gasteiger partial charge in [0.2, 0.25) is 5.91 Å². The molecule has 0 bridgehead atoms. The zero-order valence-electron chi connectivity index (χ0n) is 11.8. The summed E-state index contributed by atoms with van der Waals surface area (Å²) in [5, 5.41) is 0. The number of carbonyl (C=O) groups excluding carboxylic acids is 1. The minimum Gasteiger partial charge on any atom is -0.353 e. The first-order valence-electron chi connectivity index (χ1n) is 7.39. The summed E-state index contributed by atoms with van der Waals surface area (Å²) in [5.74, 6) is 0.228. The number of benzene rings is 1. The topological polar surface area (TPSA) is 29.5 Å². The summed E-state index contributed by atoms with van der Waals surface area (Å²) in [6.45, 7) is 4.40. The van der Waals surface area contributed by atoms with Crippen LogP contribution in [0.3, 0.4) is 0 Å². The Labute approximate surface area is 120 Å². The lowest BCUT2D eigenvalue weighted by atomic mass is 9.92. The minimum atomic E-state index is -0.399. The second kappa shape index (κ2) is 5.41. The third-order valence-corrected chi connectivity index (χ3v) is 4.41. The second-order valence-corrected chi connectivity index (χ2v) is 5.63. The van der Waals surface area contributed by atoms with Crippen molar-refractivity contribution < 1.29 is 9.53 Å². The van der Waals surface area contributed by atoms with Crippen LogP contribution in [0.1, 0.15) is 43.7 Å². The van der Waals surface area contributed by atoms with Gasteiger partial charge in [-0.3, -0.25) is 4.79 Å². The van der Waals surface area contributed by atoms with Crippen molar-refractivity contribution in [3.8, 4) is 0 Å². The van der Waals surface area contributed by atoms with E-state index in [0.717, 1.165) is 25.7 Å². The SMILES string of the molecule is C=CCC[C@@]12CCCC(=O)N1[C@@H](c1ccccc1)CO2. The van der Waals surface area contributed by atoms with Crippen LogP contribution in [0, 0.1) is 0 Å². The normalized spacial score (nSPS) is 29.3. The molecule has 3 rings (SSSR count). The zero-order chi connectivity index (χ0) is 14.0. The van der Waals surface area contributed by atoms with E-state index < -0.39 is 5.72 Å². The average Bonchev–Trinajstić information content (AvgIpc) is 2.87. The molecule has 0 aromatic heterocycles. The Kier molecular flexibility index (Phi) is 3.62. The van der Waals surface area contributed by atoms with Gasteiger partial charge in [-0.05, 0) is 31.2 Å². The monoisotopic (exact) mass is 271 g/mol. The van der Waals surface area contributed by atoms with Crippen LogP contribution < -0.4 is 0 Å². The molecule has 1 amide bonds. The van der Waals surface area contributed by atoms with Crippen molar-refractivity contribution >= 4 is 5.91 Å². The van der Waals surface area contributed by atoms with Crippen molar-refractivity contribution in [3.05, 3.63) is 48.6 Å². The third kappa shape index (κ3) is 2.16. The summed E-state index contributed by atoms with van der Waals surface area (Å²) in [5.41, 5.74) is 0.771. The first-order valence-corrected chi connectivity index (χ1v) is 7.39. The standard InChI is InChI=1S/C17H21NO2/c1-2-3-11-17-12-7-10-16(19)18(17)15(13-20-17)14-8-5-4-6-9-14/h2,4-6,8-9,15H,1,3,7,10-13H2/t15-,17-/m1/s1. The van der Waals surface area contributed by atoms with Crippen molar-refractivity contribution in [2.45, 2.75) is 43.9 Å². The van der Waals surface area contributed by atoms with Gasteiger partial charge in [0.05, 0.1) is 12.6 Å². The molecule has 2 aliphatic rings. The van der Waals surface area contributed by atoms with Gasteiger partial charge in [-0.1, -0.05) is 36.4 Å². The highest BCUT2D eigenvalue weighted by molar-refractivity contribution is 5.78. The van der Waals surface area contributed by atoms with E-state index in [2.05, 4.69) is 18.7 Å². The van der Waals surface area contributed by atoms with E-state index >= 15 is 0 Å². The fourth-order valence-corrected chi connectivity index (χ4v) is 3.46. The van der Waals surface area contributed by atoms with Gasteiger partial charge in [0, 0.05) is 6.42 Å². The van der Waals surface area contributed by atoms with Gasteiger partial charge in [-0.2, -0.15) is 0 Å². The molecule has 0 radical (unpaired) electrons. The number of hydrogen-bond acceptors (Lipinski definition) is 2. The number of hydrogen-bond donors (Lipinski definition) is 0. The third-order valence-electron chi connectivity index (χ3n) is 4.41. The Morgan fingerprint density at radius 1 is 1.40 bits per heavy atom. The molecule has 0 saturated carbocycles. The fraction of sp³-hybridized carbons (Fsp3) is 0.471. The maximum Gasteiger partial charge on any atom is 0.225 e. The predicted molar refractivity (Wildman–Crippen MR) is 78.0 cm³/mol. The molecule has 2 aliphatic heterocycles. The van der Waals surface area contributed by atoms with Crippen LogP contribution in [0.2, 0.25) is 0 Å².